The second kappa shape index (κ2) is 7.18. The summed E-state index contributed by atoms with van der Waals surface area (Å²) in [4.78, 5) is 0. The van der Waals surface area contributed by atoms with Crippen LogP contribution in [0.4, 0.5) is 0 Å². The van der Waals surface area contributed by atoms with Gasteiger partial charge in [-0.3, -0.25) is 0 Å². The number of allylic oxidation sites excluding steroid dienone is 1. The van der Waals surface area contributed by atoms with E-state index in [1.807, 2.05) is 0 Å². The van der Waals surface area contributed by atoms with Gasteiger partial charge in [0.2, 0.25) is 0 Å². The Morgan fingerprint density at radius 1 is 1.75 bits per heavy atom. The van der Waals surface area contributed by atoms with Gasteiger partial charge >= 0.3 is 0 Å². The topological polar surface area (TPSA) is 24.7 Å². The van der Waals surface area contributed by atoms with Crippen molar-refractivity contribution in [3.05, 3.63) is 25.1 Å². The molecule has 0 saturated carbocycles. The summed E-state index contributed by atoms with van der Waals surface area (Å²) < 4.78 is 0. The zero-order valence-corrected chi connectivity index (χ0v) is 7.67. The van der Waals surface area contributed by atoms with Crippen molar-refractivity contribution < 1.29 is 32.7 Å². The maximum atomic E-state index is 4.85. The first-order valence-electron chi connectivity index (χ1n) is 1.87. The van der Waals surface area contributed by atoms with Crippen LogP contribution in [0.15, 0.2) is 28.7 Å². The molecule has 0 fully saturated rings. The minimum atomic E-state index is 0. The molecule has 0 aliphatic rings. The molecule has 0 aliphatic heterocycles. The molecule has 0 saturated heterocycles. The predicted octanol–water partition coefficient (Wildman–Crippen LogP) is 1.92. The third-order valence-corrected chi connectivity index (χ3v) is 0.295. The van der Waals surface area contributed by atoms with Crippen LogP contribution in [-0.2, 0) is 32.7 Å². The molecule has 0 aromatic carbocycles. The van der Waals surface area contributed by atoms with Gasteiger partial charge < -0.3 is 6.58 Å². The smallest absolute Gasteiger partial charge is 0.0526 e. The molecular weight excluding hydrogens is 177 g/mol. The predicted molar refractivity (Wildman–Crippen MR) is 28.5 cm³/mol. The average molecular weight is 184 g/mol. The standard InChI is InChI=1S/C5H7N2.Y/c1-4-6-7-5(2)3;/h1,4H,2H2,3H3;/q-1;. The van der Waals surface area contributed by atoms with Crippen LogP contribution in [0.2, 0.25) is 0 Å². The molecule has 1 radical (unpaired) electrons. The van der Waals surface area contributed by atoms with Crippen LogP contribution in [0.25, 0.3) is 0 Å². The first kappa shape index (κ1) is 11.0. The van der Waals surface area contributed by atoms with Gasteiger partial charge in [0.15, 0.2) is 0 Å². The van der Waals surface area contributed by atoms with Crippen molar-refractivity contribution in [2.75, 3.05) is 0 Å². The Labute approximate surface area is 74.7 Å². The largest absolute Gasteiger partial charge is 0.493 e. The zero-order valence-electron chi connectivity index (χ0n) is 4.83. The van der Waals surface area contributed by atoms with E-state index in [0.29, 0.717) is 5.70 Å². The quantitative estimate of drug-likeness (QED) is 0.462. The molecule has 0 N–H and O–H groups in total. The van der Waals surface area contributed by atoms with Gasteiger partial charge in [0.05, 0.1) is 5.70 Å². The molecule has 0 spiro atoms. The summed E-state index contributed by atoms with van der Waals surface area (Å²) >= 11 is 0. The van der Waals surface area contributed by atoms with E-state index in [2.05, 4.69) is 16.8 Å². The van der Waals surface area contributed by atoms with Crippen molar-refractivity contribution in [2.45, 2.75) is 6.92 Å². The maximum Gasteiger partial charge on any atom is 0.0526 e. The van der Waals surface area contributed by atoms with E-state index >= 15 is 0 Å². The number of hydrogen-bond acceptors (Lipinski definition) is 2. The monoisotopic (exact) mass is 184 g/mol. The SMILES string of the molecule is [CH-]=CN=NC(=C)C.[Y]. The van der Waals surface area contributed by atoms with E-state index in [1.54, 1.807) is 6.92 Å². The normalized spacial score (nSPS) is 8.12. The van der Waals surface area contributed by atoms with Crippen molar-refractivity contribution in [2.24, 2.45) is 10.2 Å². The third kappa shape index (κ3) is 9.49. The molecule has 0 rings (SSSR count). The van der Waals surface area contributed by atoms with Crippen molar-refractivity contribution >= 4 is 0 Å². The van der Waals surface area contributed by atoms with Crippen molar-refractivity contribution in [1.82, 2.24) is 0 Å². The minimum absolute atomic E-state index is 0. The Hall–Kier alpha value is 0.184. The summed E-state index contributed by atoms with van der Waals surface area (Å²) in [6.45, 7) is 10.0. The van der Waals surface area contributed by atoms with E-state index < -0.39 is 0 Å². The van der Waals surface area contributed by atoms with Crippen molar-refractivity contribution in [3.63, 3.8) is 0 Å². The minimum Gasteiger partial charge on any atom is -0.493 e. The van der Waals surface area contributed by atoms with Crippen LogP contribution in [-0.4, -0.2) is 0 Å². The summed E-state index contributed by atoms with van der Waals surface area (Å²) in [5.74, 6) is 0. The zero-order chi connectivity index (χ0) is 5.70. The summed E-state index contributed by atoms with van der Waals surface area (Å²) in [6, 6.07) is 0. The van der Waals surface area contributed by atoms with E-state index in [0.717, 1.165) is 6.20 Å². The Bertz CT molecular complexity index is 107. The number of rotatable bonds is 2. The molecule has 0 aliphatic carbocycles. The van der Waals surface area contributed by atoms with E-state index in [1.165, 1.54) is 0 Å². The fourth-order valence-electron chi connectivity index (χ4n) is 0.132. The molecule has 8 heavy (non-hydrogen) atoms. The molecule has 3 heteroatoms. The Morgan fingerprint density at radius 2 is 2.25 bits per heavy atom. The van der Waals surface area contributed by atoms with Gasteiger partial charge in [0.25, 0.3) is 0 Å². The van der Waals surface area contributed by atoms with Crippen molar-refractivity contribution in [3.8, 4) is 0 Å². The molecular formula is C5H7N2Y-. The van der Waals surface area contributed by atoms with Crippen LogP contribution in [0.3, 0.4) is 0 Å². The average Bonchev–Trinajstić information content (AvgIpc) is 1.61. The molecule has 41 valence electrons. The molecule has 0 bridgehead atoms. The molecule has 0 heterocycles. The fourth-order valence-corrected chi connectivity index (χ4v) is 0.132. The maximum absolute atomic E-state index is 4.85. The fraction of sp³-hybridized carbons (Fsp3) is 0.200. The molecule has 0 atom stereocenters. The Kier molecular flexibility index (Phi) is 9.92. The van der Waals surface area contributed by atoms with Crippen LogP contribution < -0.4 is 0 Å². The van der Waals surface area contributed by atoms with Crippen molar-refractivity contribution in [1.29, 1.82) is 0 Å². The van der Waals surface area contributed by atoms with Gasteiger partial charge in [-0.1, -0.05) is 6.58 Å². The Balaban J connectivity index is 0. The van der Waals surface area contributed by atoms with Crippen LogP contribution in [0.1, 0.15) is 6.92 Å². The molecule has 2 nitrogen and oxygen atoms in total. The summed E-state index contributed by atoms with van der Waals surface area (Å²) in [6.07, 6.45) is 1.12. The number of azo groups is 1. The molecule has 0 aromatic rings. The number of hydrogen-bond donors (Lipinski definition) is 0. The molecule has 0 unspecified atom stereocenters. The van der Waals surface area contributed by atoms with Crippen LogP contribution >= 0.6 is 0 Å². The summed E-state index contributed by atoms with van der Waals surface area (Å²) in [7, 11) is 0. The number of nitrogens with zero attached hydrogens (tertiary/aromatic N) is 2. The van der Waals surface area contributed by atoms with E-state index in [4.69, 9.17) is 6.58 Å². The second-order valence-electron chi connectivity index (χ2n) is 1.10. The van der Waals surface area contributed by atoms with E-state index in [-0.39, 0.29) is 32.7 Å². The molecule has 0 aromatic heterocycles. The Morgan fingerprint density at radius 3 is 2.38 bits per heavy atom. The van der Waals surface area contributed by atoms with Gasteiger partial charge in [-0.05, 0) is 6.92 Å². The second-order valence-corrected chi connectivity index (χ2v) is 1.10. The van der Waals surface area contributed by atoms with E-state index in [9.17, 15) is 0 Å². The van der Waals surface area contributed by atoms with Crippen LogP contribution in [0, 0.1) is 6.58 Å². The first-order chi connectivity index (χ1) is 3.27. The molecule has 0 amide bonds. The van der Waals surface area contributed by atoms with Gasteiger partial charge in [-0.2, -0.15) is 10.2 Å². The van der Waals surface area contributed by atoms with Crippen LogP contribution in [0.5, 0.6) is 0 Å². The van der Waals surface area contributed by atoms with Gasteiger partial charge in [-0.25, -0.2) is 0 Å². The first-order valence-corrected chi connectivity index (χ1v) is 1.87. The summed E-state index contributed by atoms with van der Waals surface area (Å²) in [5.41, 5.74) is 0.654. The van der Waals surface area contributed by atoms with Gasteiger partial charge in [-0.15, -0.1) is 6.20 Å². The third-order valence-electron chi connectivity index (χ3n) is 0.295. The summed E-state index contributed by atoms with van der Waals surface area (Å²) in [5, 5.41) is 6.84. The van der Waals surface area contributed by atoms with Gasteiger partial charge in [0.1, 0.15) is 0 Å². The van der Waals surface area contributed by atoms with Gasteiger partial charge in [0, 0.05) is 32.7 Å².